The first-order valence-corrected chi connectivity index (χ1v) is 10.1. The van der Waals surface area contributed by atoms with Gasteiger partial charge in [-0.1, -0.05) is 29.8 Å². The zero-order valence-corrected chi connectivity index (χ0v) is 16.8. The highest BCUT2D eigenvalue weighted by atomic mass is 127. The first-order chi connectivity index (χ1) is 12.2. The Labute approximate surface area is 168 Å². The van der Waals surface area contributed by atoms with Crippen molar-refractivity contribution in [2.75, 3.05) is 20.5 Å². The molecule has 25 heavy (non-hydrogen) atoms. The molecule has 4 nitrogen and oxygen atoms in total. The normalized spacial score (nSPS) is 17.0. The highest BCUT2D eigenvalue weighted by Crippen LogP contribution is 2.48. The molecule has 0 unspecified atom stereocenters. The maximum absolute atomic E-state index is 6.05. The van der Waals surface area contributed by atoms with Gasteiger partial charge in [0.15, 0.2) is 5.58 Å². The number of halogens is 2. The third kappa shape index (κ3) is 2.71. The molecule has 0 atom stereocenters. The molecule has 2 aliphatic heterocycles. The fourth-order valence-electron chi connectivity index (χ4n) is 3.32. The number of fused-ring (bicyclic) bond motifs is 3. The Morgan fingerprint density at radius 2 is 2.08 bits per heavy atom. The molecule has 0 fully saturated rings. The van der Waals surface area contributed by atoms with Crippen LogP contribution in [0.3, 0.4) is 0 Å². The molecule has 0 saturated heterocycles. The molecule has 5 rings (SSSR count). The van der Waals surface area contributed by atoms with E-state index in [0.717, 1.165) is 30.6 Å². The summed E-state index contributed by atoms with van der Waals surface area (Å²) in [6.45, 7) is 1.71. The van der Waals surface area contributed by atoms with E-state index in [1.54, 1.807) is 11.9 Å². The van der Waals surface area contributed by atoms with Gasteiger partial charge >= 0.3 is 0 Å². The monoisotopic (exact) mass is 481 g/mol. The number of oxazole rings is 1. The average Bonchev–Trinajstić information content (AvgIpc) is 3.04. The van der Waals surface area contributed by atoms with Gasteiger partial charge in [0.2, 0.25) is 0 Å². The number of para-hydroxylation sites is 1. The fraction of sp³-hybridized carbons (Fsp3) is 0.167. The Hall–Kier alpha value is -1.38. The van der Waals surface area contributed by atoms with Crippen molar-refractivity contribution in [1.29, 1.82) is 0 Å². The molecule has 0 spiro atoms. The Balaban J connectivity index is 1.51. The Bertz CT molecular complexity index is 1020. The van der Waals surface area contributed by atoms with E-state index in [4.69, 9.17) is 16.0 Å². The van der Waals surface area contributed by atoms with Gasteiger partial charge in [-0.3, -0.25) is 2.52 Å². The van der Waals surface area contributed by atoms with Crippen LogP contribution in [-0.4, -0.2) is 18.1 Å². The fourth-order valence-corrected chi connectivity index (χ4v) is 5.60. The highest BCUT2D eigenvalue weighted by Gasteiger charge is 2.30. The number of nitrogens with zero attached hydrogens (tertiary/aromatic N) is 3. The van der Waals surface area contributed by atoms with Gasteiger partial charge in [0, 0.05) is 28.1 Å². The molecular weight excluding hydrogens is 469 g/mol. The molecular formula is C18H13ClIN3OS. The van der Waals surface area contributed by atoms with Crippen LogP contribution in [0.25, 0.3) is 16.7 Å². The second-order valence-electron chi connectivity index (χ2n) is 6.04. The summed E-state index contributed by atoms with van der Waals surface area (Å²) in [6, 6.07) is 14.8. The molecule has 3 aromatic rings. The summed E-state index contributed by atoms with van der Waals surface area (Å²) in [5, 5.41) is 0.666. The molecule has 7 heteroatoms. The second kappa shape index (κ2) is 6.10. The van der Waals surface area contributed by atoms with E-state index < -0.39 is 0 Å². The Morgan fingerprint density at radius 3 is 3.00 bits per heavy atom. The quantitative estimate of drug-likeness (QED) is 0.245. The molecule has 0 N–H and O–H groups in total. The van der Waals surface area contributed by atoms with Crippen LogP contribution in [0.4, 0.5) is 11.7 Å². The SMILES string of the molecule is Clc1ccc2nc(N3CCC4=C(C3)SN(I)c3ccccc34)oc2c1. The van der Waals surface area contributed by atoms with Crippen molar-refractivity contribution in [3.8, 4) is 0 Å². The maximum atomic E-state index is 6.05. The van der Waals surface area contributed by atoms with Gasteiger partial charge in [0.25, 0.3) is 6.01 Å². The molecule has 0 saturated carbocycles. The van der Waals surface area contributed by atoms with Crippen LogP contribution in [0.1, 0.15) is 12.0 Å². The minimum absolute atomic E-state index is 0.666. The molecule has 0 radical (unpaired) electrons. The van der Waals surface area contributed by atoms with E-state index in [-0.39, 0.29) is 0 Å². The molecule has 0 bridgehead atoms. The molecule has 0 amide bonds. The van der Waals surface area contributed by atoms with Crippen molar-refractivity contribution in [2.24, 2.45) is 0 Å². The molecule has 1 aromatic heterocycles. The molecule has 2 aliphatic rings. The predicted octanol–water partition coefficient (Wildman–Crippen LogP) is 5.92. The third-order valence-corrected chi connectivity index (χ3v) is 6.82. The zero-order chi connectivity index (χ0) is 17.0. The van der Waals surface area contributed by atoms with E-state index >= 15 is 0 Å². The highest BCUT2D eigenvalue weighted by molar-refractivity contribution is 14.1. The Kier molecular flexibility index (Phi) is 3.87. The first kappa shape index (κ1) is 15.8. The van der Waals surface area contributed by atoms with Gasteiger partial charge in [0.1, 0.15) is 5.52 Å². The van der Waals surface area contributed by atoms with Gasteiger partial charge < -0.3 is 9.32 Å². The van der Waals surface area contributed by atoms with Crippen LogP contribution < -0.4 is 7.42 Å². The number of rotatable bonds is 1. The first-order valence-electron chi connectivity index (χ1n) is 7.95. The van der Waals surface area contributed by atoms with E-state index in [1.165, 1.54) is 21.7 Å². The van der Waals surface area contributed by atoms with Crippen LogP contribution in [0.2, 0.25) is 5.02 Å². The molecule has 2 aromatic carbocycles. The number of hydrogen-bond donors (Lipinski definition) is 0. The predicted molar refractivity (Wildman–Crippen MR) is 113 cm³/mol. The lowest BCUT2D eigenvalue weighted by atomic mass is 9.98. The van der Waals surface area contributed by atoms with Crippen LogP contribution in [0, 0.1) is 0 Å². The molecule has 3 heterocycles. The van der Waals surface area contributed by atoms with Crippen LogP contribution >= 0.6 is 46.4 Å². The average molecular weight is 482 g/mol. The van der Waals surface area contributed by atoms with Crippen LogP contribution in [0.15, 0.2) is 51.8 Å². The summed E-state index contributed by atoms with van der Waals surface area (Å²) in [6.07, 6.45) is 0.989. The van der Waals surface area contributed by atoms with Gasteiger partial charge in [-0.25, -0.2) is 0 Å². The Morgan fingerprint density at radius 1 is 1.20 bits per heavy atom. The van der Waals surface area contributed by atoms with Crippen molar-refractivity contribution >= 4 is 74.8 Å². The number of aromatic nitrogens is 1. The zero-order valence-electron chi connectivity index (χ0n) is 13.1. The minimum atomic E-state index is 0.666. The number of benzene rings is 2. The summed E-state index contributed by atoms with van der Waals surface area (Å²) in [7, 11) is 0. The van der Waals surface area contributed by atoms with Gasteiger partial charge in [-0.15, -0.1) is 0 Å². The third-order valence-electron chi connectivity index (χ3n) is 4.52. The molecule has 0 aliphatic carbocycles. The minimum Gasteiger partial charge on any atom is -0.423 e. The standard InChI is InChI=1S/C18H13ClIN3OS/c19-11-5-6-14-16(9-11)24-18(21-14)22-8-7-13-12-3-1-2-4-15(12)23(20)25-17(13)10-22/h1-6,9H,7-8,10H2. The number of anilines is 2. The van der Waals surface area contributed by atoms with Gasteiger partial charge in [-0.2, -0.15) is 4.98 Å². The maximum Gasteiger partial charge on any atom is 0.298 e. The van der Waals surface area contributed by atoms with E-state index in [2.05, 4.69) is 59.5 Å². The lowest BCUT2D eigenvalue weighted by Gasteiger charge is -2.35. The van der Waals surface area contributed by atoms with Crippen LogP contribution in [0.5, 0.6) is 0 Å². The lowest BCUT2D eigenvalue weighted by molar-refractivity contribution is 0.573. The van der Waals surface area contributed by atoms with Crippen molar-refractivity contribution in [3.05, 3.63) is 58.0 Å². The van der Waals surface area contributed by atoms with Crippen molar-refractivity contribution in [3.63, 3.8) is 0 Å². The largest absolute Gasteiger partial charge is 0.423 e. The molecule has 126 valence electrons. The van der Waals surface area contributed by atoms with E-state index in [9.17, 15) is 0 Å². The summed E-state index contributed by atoms with van der Waals surface area (Å²) < 4.78 is 8.16. The van der Waals surface area contributed by atoms with Gasteiger partial charge in [0.05, 0.1) is 35.1 Å². The van der Waals surface area contributed by atoms with Crippen molar-refractivity contribution in [1.82, 2.24) is 4.98 Å². The smallest absolute Gasteiger partial charge is 0.298 e. The summed E-state index contributed by atoms with van der Waals surface area (Å²) in [5.41, 5.74) is 5.64. The van der Waals surface area contributed by atoms with Crippen molar-refractivity contribution in [2.45, 2.75) is 6.42 Å². The van der Waals surface area contributed by atoms with E-state index in [0.29, 0.717) is 11.0 Å². The van der Waals surface area contributed by atoms with Gasteiger partial charge in [-0.05, 0) is 42.1 Å². The topological polar surface area (TPSA) is 32.5 Å². The number of hydrogen-bond acceptors (Lipinski definition) is 5. The summed E-state index contributed by atoms with van der Waals surface area (Å²) >= 11 is 10.2. The van der Waals surface area contributed by atoms with Crippen molar-refractivity contribution < 1.29 is 4.42 Å². The van der Waals surface area contributed by atoms with Crippen LogP contribution in [-0.2, 0) is 0 Å². The van der Waals surface area contributed by atoms with E-state index in [1.807, 2.05) is 18.2 Å². The lowest BCUT2D eigenvalue weighted by Crippen LogP contribution is -2.32. The summed E-state index contributed by atoms with van der Waals surface area (Å²) in [4.78, 5) is 8.20. The summed E-state index contributed by atoms with van der Waals surface area (Å²) in [5.74, 6) is 0. The second-order valence-corrected chi connectivity index (χ2v) is 9.13.